The number of carbonyl (C=O) groups excluding carboxylic acids is 1. The number of halogens is 1. The van der Waals surface area contributed by atoms with Crippen LogP contribution in [0, 0.1) is 5.82 Å². The van der Waals surface area contributed by atoms with Gasteiger partial charge in [-0.05, 0) is 41.8 Å². The van der Waals surface area contributed by atoms with E-state index in [-0.39, 0.29) is 23.9 Å². The van der Waals surface area contributed by atoms with Crippen LogP contribution in [0.25, 0.3) is 22.0 Å². The normalized spacial score (nSPS) is 13.1. The topological polar surface area (TPSA) is 111 Å². The third-order valence-corrected chi connectivity index (χ3v) is 5.99. The van der Waals surface area contributed by atoms with Gasteiger partial charge in [0.25, 0.3) is 11.5 Å². The van der Waals surface area contributed by atoms with Crippen LogP contribution in [0.5, 0.6) is 5.75 Å². The number of benzene rings is 2. The quantitative estimate of drug-likeness (QED) is 0.435. The van der Waals surface area contributed by atoms with Crippen LogP contribution in [-0.4, -0.2) is 43.5 Å². The van der Waals surface area contributed by atoms with Crippen molar-refractivity contribution in [3.05, 3.63) is 58.9 Å². The van der Waals surface area contributed by atoms with Gasteiger partial charge in [-0.3, -0.25) is 23.6 Å². The van der Waals surface area contributed by atoms with Crippen molar-refractivity contribution in [2.45, 2.75) is 18.2 Å². The summed E-state index contributed by atoms with van der Waals surface area (Å²) in [5.74, 6) is -0.857. The first-order valence-corrected chi connectivity index (χ1v) is 10.6. The van der Waals surface area contributed by atoms with Gasteiger partial charge in [-0.2, -0.15) is 0 Å². The summed E-state index contributed by atoms with van der Waals surface area (Å²) >= 11 is 0. The van der Waals surface area contributed by atoms with Crippen molar-refractivity contribution in [3.63, 3.8) is 0 Å². The molecular weight excluding hydrogens is 413 g/mol. The molecule has 2 aromatic carbocycles. The first-order chi connectivity index (χ1) is 14.3. The molecule has 0 spiro atoms. The largest absolute Gasteiger partial charge is 0.497 e. The van der Waals surface area contributed by atoms with Crippen LogP contribution < -0.4 is 15.8 Å². The molecule has 0 aliphatic heterocycles. The number of aromatic nitrogens is 2. The lowest BCUT2D eigenvalue weighted by Gasteiger charge is -2.13. The molecule has 30 heavy (non-hydrogen) atoms. The smallest absolute Gasteiger partial charge is 0.264 e. The second-order valence-corrected chi connectivity index (χ2v) is 8.14. The molecule has 0 saturated carbocycles. The molecule has 2 N–H and O–H groups in total. The average Bonchev–Trinajstić information content (AvgIpc) is 2.74. The molecule has 158 valence electrons. The van der Waals surface area contributed by atoms with Crippen molar-refractivity contribution in [3.8, 4) is 16.9 Å². The molecule has 10 heteroatoms. The number of methoxy groups -OCH3 is 1. The van der Waals surface area contributed by atoms with E-state index in [1.54, 1.807) is 37.4 Å². The first kappa shape index (κ1) is 21.6. The van der Waals surface area contributed by atoms with E-state index in [2.05, 4.69) is 4.98 Å². The Kier molecular flexibility index (Phi) is 6.58. The Hall–Kier alpha value is -3.11. The van der Waals surface area contributed by atoms with E-state index in [1.165, 1.54) is 24.1 Å². The number of fused-ring (bicyclic) bond motifs is 1. The van der Waals surface area contributed by atoms with E-state index in [4.69, 9.17) is 9.94 Å². The second-order valence-electron chi connectivity index (χ2n) is 6.58. The molecule has 8 nitrogen and oxygen atoms in total. The lowest BCUT2D eigenvalue weighted by Crippen LogP contribution is -2.36. The van der Waals surface area contributed by atoms with Gasteiger partial charge in [0.15, 0.2) is 0 Å². The summed E-state index contributed by atoms with van der Waals surface area (Å²) in [6.07, 6.45) is 2.59. The number of hydrogen-bond donors (Lipinski definition) is 2. The molecule has 1 heterocycles. The lowest BCUT2D eigenvalue weighted by molar-refractivity contribution is -0.128. The average molecular weight is 433 g/mol. The van der Waals surface area contributed by atoms with Crippen LogP contribution in [0.2, 0.25) is 0 Å². The fourth-order valence-electron chi connectivity index (χ4n) is 3.12. The molecule has 1 aromatic heterocycles. The molecule has 0 aliphatic carbocycles. The van der Waals surface area contributed by atoms with Gasteiger partial charge in [-0.15, -0.1) is 0 Å². The summed E-state index contributed by atoms with van der Waals surface area (Å²) in [6, 6.07) is 9.93. The predicted molar refractivity (Wildman–Crippen MR) is 110 cm³/mol. The van der Waals surface area contributed by atoms with E-state index in [1.807, 2.05) is 0 Å². The maximum Gasteiger partial charge on any atom is 0.264 e. The molecule has 1 amide bonds. The van der Waals surface area contributed by atoms with Crippen LogP contribution in [0.3, 0.4) is 0 Å². The number of nitrogens with zero attached hydrogens (tertiary/aromatic N) is 2. The predicted octanol–water partition coefficient (Wildman–Crippen LogP) is 1.85. The Morgan fingerprint density at radius 2 is 2.00 bits per heavy atom. The molecule has 0 saturated heterocycles. The maximum atomic E-state index is 14.8. The summed E-state index contributed by atoms with van der Waals surface area (Å²) in [5.41, 5.74) is 2.36. The second kappa shape index (κ2) is 9.14. The standard InChI is InChI=1S/C20H20FN3O5S/c1-29-14-5-3-12(4-6-14)13-9-15(21)18-16(10-13)22-11-24(20(18)26)8-7-17(30(2)28)19(25)23-27/h3-6,9-11,17,27H,7-8H2,1-2H3,(H,23,25). The minimum absolute atomic E-state index is 0.00808. The molecule has 3 rings (SSSR count). The molecular formula is C20H20FN3O5S. The third-order valence-electron chi connectivity index (χ3n) is 4.74. The summed E-state index contributed by atoms with van der Waals surface area (Å²) in [6.45, 7) is -0.0148. The van der Waals surface area contributed by atoms with Crippen LogP contribution >= 0.6 is 0 Å². The molecule has 0 fully saturated rings. The zero-order valence-electron chi connectivity index (χ0n) is 16.3. The SMILES string of the molecule is COc1ccc(-c2cc(F)c3c(=O)n(CCC(C(=O)NO)S(C)=O)cnc3c2)cc1. The van der Waals surface area contributed by atoms with Gasteiger partial charge in [0.05, 0.1) is 19.0 Å². The van der Waals surface area contributed by atoms with Crippen LogP contribution in [0.15, 0.2) is 47.5 Å². The fraction of sp³-hybridized carbons (Fsp3) is 0.250. The Morgan fingerprint density at radius 1 is 1.30 bits per heavy atom. The highest BCUT2D eigenvalue weighted by Gasteiger charge is 2.22. The number of amides is 1. The number of nitrogens with one attached hydrogen (secondary N) is 1. The van der Waals surface area contributed by atoms with E-state index in [0.717, 1.165) is 10.1 Å². The van der Waals surface area contributed by atoms with E-state index < -0.39 is 33.3 Å². The molecule has 0 bridgehead atoms. The summed E-state index contributed by atoms with van der Waals surface area (Å²) in [5, 5.41) is 7.58. The van der Waals surface area contributed by atoms with Gasteiger partial charge in [-0.1, -0.05) is 12.1 Å². The van der Waals surface area contributed by atoms with Crippen molar-refractivity contribution < 1.29 is 23.3 Å². The Morgan fingerprint density at radius 3 is 2.60 bits per heavy atom. The number of carbonyl (C=O) groups is 1. The minimum Gasteiger partial charge on any atom is -0.497 e. The van der Waals surface area contributed by atoms with Gasteiger partial charge in [0.2, 0.25) is 0 Å². The highest BCUT2D eigenvalue weighted by molar-refractivity contribution is 7.85. The van der Waals surface area contributed by atoms with E-state index >= 15 is 0 Å². The first-order valence-electron chi connectivity index (χ1n) is 8.95. The van der Waals surface area contributed by atoms with Crippen molar-refractivity contribution in [1.82, 2.24) is 15.0 Å². The van der Waals surface area contributed by atoms with Crippen molar-refractivity contribution in [2.24, 2.45) is 0 Å². The maximum absolute atomic E-state index is 14.8. The van der Waals surface area contributed by atoms with Crippen molar-refractivity contribution in [2.75, 3.05) is 13.4 Å². The Balaban J connectivity index is 1.94. The van der Waals surface area contributed by atoms with E-state index in [0.29, 0.717) is 11.3 Å². The molecule has 3 aromatic rings. The zero-order chi connectivity index (χ0) is 21.8. The molecule has 2 unspecified atom stereocenters. The highest BCUT2D eigenvalue weighted by Crippen LogP contribution is 2.26. The fourth-order valence-corrected chi connectivity index (χ4v) is 3.91. The molecule has 0 radical (unpaired) electrons. The lowest BCUT2D eigenvalue weighted by atomic mass is 10.0. The number of aryl methyl sites for hydroxylation is 1. The third kappa shape index (κ3) is 4.39. The molecule has 2 atom stereocenters. The van der Waals surface area contributed by atoms with Gasteiger partial charge < -0.3 is 4.74 Å². The van der Waals surface area contributed by atoms with Crippen LogP contribution in [-0.2, 0) is 22.1 Å². The van der Waals surface area contributed by atoms with Gasteiger partial charge in [0.1, 0.15) is 22.2 Å². The Bertz CT molecular complexity index is 1160. The summed E-state index contributed by atoms with van der Waals surface area (Å²) in [7, 11) is -0.0110. The van der Waals surface area contributed by atoms with Crippen LogP contribution in [0.4, 0.5) is 4.39 Å². The van der Waals surface area contributed by atoms with Crippen molar-refractivity contribution in [1.29, 1.82) is 0 Å². The van der Waals surface area contributed by atoms with Gasteiger partial charge in [0, 0.05) is 23.6 Å². The summed E-state index contributed by atoms with van der Waals surface area (Å²) < 4.78 is 32.8. The zero-order valence-corrected chi connectivity index (χ0v) is 17.1. The number of hydrogen-bond acceptors (Lipinski definition) is 6. The highest BCUT2D eigenvalue weighted by atomic mass is 32.2. The van der Waals surface area contributed by atoms with Gasteiger partial charge in [-0.25, -0.2) is 14.9 Å². The minimum atomic E-state index is -1.56. The monoisotopic (exact) mass is 433 g/mol. The number of hydroxylamine groups is 1. The van der Waals surface area contributed by atoms with Crippen molar-refractivity contribution >= 4 is 27.6 Å². The van der Waals surface area contributed by atoms with Crippen LogP contribution in [0.1, 0.15) is 6.42 Å². The Labute approximate surface area is 173 Å². The van der Waals surface area contributed by atoms with E-state index in [9.17, 15) is 18.2 Å². The number of ether oxygens (including phenoxy) is 1. The van der Waals surface area contributed by atoms with Gasteiger partial charge >= 0.3 is 0 Å². The number of rotatable bonds is 7. The molecule has 0 aliphatic rings. The summed E-state index contributed by atoms with van der Waals surface area (Å²) in [4.78, 5) is 28.5.